The van der Waals surface area contributed by atoms with E-state index in [0.29, 0.717) is 39.2 Å². The van der Waals surface area contributed by atoms with Crippen molar-refractivity contribution in [3.8, 4) is 0 Å². The maximum Gasteiger partial charge on any atom is 0.215 e. The zero-order chi connectivity index (χ0) is 35.8. The minimum atomic E-state index is -5.12. The maximum atomic E-state index is 13.5. The Hall–Kier alpha value is -6.34. The van der Waals surface area contributed by atoms with Crippen LogP contribution in [0.15, 0.2) is 126 Å². The Balaban J connectivity index is 1.24. The molecule has 18 heteroatoms. The fourth-order valence-corrected chi connectivity index (χ4v) is 6.01. The average Bonchev–Trinajstić information content (AvgIpc) is 3.07. The monoisotopic (exact) mass is 709 g/mol. The highest BCUT2D eigenvalue weighted by Gasteiger charge is 2.30. The van der Waals surface area contributed by atoms with Crippen LogP contribution in [0.4, 0.5) is 45.5 Å². The summed E-state index contributed by atoms with van der Waals surface area (Å²) in [5, 5.41) is 21.3. The van der Waals surface area contributed by atoms with Crippen LogP contribution in [-0.2, 0) is 20.2 Å². The summed E-state index contributed by atoms with van der Waals surface area (Å²) < 4.78 is 71.0. The van der Waals surface area contributed by atoms with Crippen molar-refractivity contribution in [3.05, 3.63) is 107 Å². The Kier molecular flexibility index (Phi) is 8.68. The van der Waals surface area contributed by atoms with Crippen molar-refractivity contribution in [2.75, 3.05) is 22.6 Å². The third-order valence-electron chi connectivity index (χ3n) is 7.34. The van der Waals surface area contributed by atoms with E-state index in [2.05, 4.69) is 31.0 Å². The van der Waals surface area contributed by atoms with E-state index in [-0.39, 0.29) is 28.2 Å². The smallest absolute Gasteiger partial charge is 0.215 e. The number of nitrogens with two attached hydrogens (primary N) is 3. The quantitative estimate of drug-likeness (QED) is 0.0639. The number of carbonyl (C=O) groups is 1. The van der Waals surface area contributed by atoms with Gasteiger partial charge in [0.25, 0.3) is 0 Å². The number of fused-ring (bicyclic) bond motifs is 2. The summed E-state index contributed by atoms with van der Waals surface area (Å²) in [7, 11) is -9.85. The maximum absolute atomic E-state index is 13.5. The first-order valence-electron chi connectivity index (χ1n) is 14.2. The molecule has 5 aromatic rings. The molecule has 6 rings (SSSR count). The van der Waals surface area contributed by atoms with Gasteiger partial charge in [0.1, 0.15) is 31.6 Å². The highest BCUT2D eigenvalue weighted by molar-refractivity contribution is 7.91. The lowest BCUT2D eigenvalue weighted by molar-refractivity contribution is 0.106. The van der Waals surface area contributed by atoms with Gasteiger partial charge >= 0.3 is 0 Å². The highest BCUT2D eigenvalue weighted by atomic mass is 32.2. The lowest BCUT2D eigenvalue weighted by Gasteiger charge is -2.20. The first-order valence-corrected chi connectivity index (χ1v) is 17.1. The van der Waals surface area contributed by atoms with Crippen LogP contribution in [0.2, 0.25) is 0 Å². The standard InChI is InChI=1S/C32H25N9O7S2/c33-18-2-11-29(27(35)14-18)40-38-21-3-1-17-13-30(50(46,47)48)31(32(42)24(17)15-21)41-37-20-6-4-19(5-7-20)36-39-28-12-10-26(34)23-9-8-22(16-25(23)28)49(43,44)45/h1-16,37H,33-35H2,(H,43,44,45)(H,46,47,48)/p-2. The summed E-state index contributed by atoms with van der Waals surface area (Å²) in [5.41, 5.74) is 22.3. The molecule has 0 saturated carbocycles. The number of nitrogens with one attached hydrogen (secondary N) is 1. The molecule has 0 saturated heterocycles. The first-order chi connectivity index (χ1) is 23.7. The second-order valence-electron chi connectivity index (χ2n) is 10.7. The molecule has 5 aromatic carbocycles. The highest BCUT2D eigenvalue weighted by Crippen LogP contribution is 2.34. The Morgan fingerprint density at radius 2 is 1.30 bits per heavy atom. The van der Waals surface area contributed by atoms with Crippen LogP contribution in [0.5, 0.6) is 0 Å². The minimum absolute atomic E-state index is 0.0330. The van der Waals surface area contributed by atoms with Crippen molar-refractivity contribution >= 4 is 94.1 Å². The molecule has 0 heterocycles. The zero-order valence-electron chi connectivity index (χ0n) is 25.4. The fourth-order valence-electron chi connectivity index (χ4n) is 4.86. The number of carbonyl (C=O) groups excluding carboxylic acids is 1. The van der Waals surface area contributed by atoms with Gasteiger partial charge in [-0.3, -0.25) is 10.2 Å². The Morgan fingerprint density at radius 1 is 0.620 bits per heavy atom. The van der Waals surface area contributed by atoms with Gasteiger partial charge in [-0.15, -0.1) is 10.2 Å². The van der Waals surface area contributed by atoms with Crippen molar-refractivity contribution in [1.82, 2.24) is 0 Å². The molecule has 0 atom stereocenters. The Bertz CT molecular complexity index is 2570. The second-order valence-corrected chi connectivity index (χ2v) is 13.5. The average molecular weight is 710 g/mol. The first kappa shape index (κ1) is 33.6. The van der Waals surface area contributed by atoms with Crippen LogP contribution in [0.25, 0.3) is 16.8 Å². The molecule has 0 aromatic heterocycles. The van der Waals surface area contributed by atoms with Gasteiger partial charge in [0, 0.05) is 27.7 Å². The molecule has 0 spiro atoms. The molecule has 50 heavy (non-hydrogen) atoms. The third kappa shape index (κ3) is 7.08. The normalized spacial score (nSPS) is 14.4. The lowest BCUT2D eigenvalue weighted by atomic mass is 9.94. The number of hydrogen-bond acceptors (Lipinski definition) is 16. The van der Waals surface area contributed by atoms with E-state index < -0.39 is 41.5 Å². The number of anilines is 4. The zero-order valence-corrected chi connectivity index (χ0v) is 27.0. The van der Waals surface area contributed by atoms with Crippen molar-refractivity contribution in [3.63, 3.8) is 0 Å². The Labute approximate surface area is 284 Å². The molecular weight excluding hydrogens is 687 g/mol. The van der Waals surface area contributed by atoms with Crippen LogP contribution in [0, 0.1) is 0 Å². The number of benzene rings is 5. The molecule has 0 bridgehead atoms. The van der Waals surface area contributed by atoms with E-state index in [1.807, 2.05) is 0 Å². The number of azo groups is 2. The molecule has 0 aliphatic heterocycles. The Morgan fingerprint density at radius 3 is 2.00 bits per heavy atom. The summed E-state index contributed by atoms with van der Waals surface area (Å²) in [6, 6.07) is 21.8. The fraction of sp³-hybridized carbons (Fsp3) is 0. The molecule has 0 fully saturated rings. The van der Waals surface area contributed by atoms with Gasteiger partial charge in [0.15, 0.2) is 0 Å². The van der Waals surface area contributed by atoms with E-state index in [1.165, 1.54) is 66.7 Å². The topological polar surface area (TPSA) is 283 Å². The number of Topliss-reactive ketones (excluding diaryl/α,β-unsaturated/α-hetero) is 1. The van der Waals surface area contributed by atoms with Gasteiger partial charge in [-0.2, -0.15) is 15.3 Å². The third-order valence-corrected chi connectivity index (χ3v) is 9.02. The van der Waals surface area contributed by atoms with Crippen molar-refractivity contribution in [2.24, 2.45) is 25.6 Å². The molecule has 16 nitrogen and oxygen atoms in total. The van der Waals surface area contributed by atoms with Gasteiger partial charge in [-0.05, 0) is 90.5 Å². The van der Waals surface area contributed by atoms with E-state index >= 15 is 0 Å². The van der Waals surface area contributed by atoms with E-state index in [4.69, 9.17) is 17.2 Å². The SMILES string of the molecule is Nc1ccc(N=Nc2ccc3c(c2)C(=O)C(=NNc2ccc(N=Nc4ccc(N)c5ccc(S(=O)(=O)[O-])cc45)cc2)C(S(=O)(=O)[O-])=C3)c(N)c1. The molecule has 1 aliphatic rings. The summed E-state index contributed by atoms with van der Waals surface area (Å²) >= 11 is 0. The number of ketones is 1. The van der Waals surface area contributed by atoms with E-state index in [9.17, 15) is 30.7 Å². The molecule has 1 aliphatic carbocycles. The number of hydrogen-bond donors (Lipinski definition) is 4. The number of allylic oxidation sites excluding steroid dienone is 1. The number of rotatable bonds is 8. The minimum Gasteiger partial charge on any atom is -0.744 e. The van der Waals surface area contributed by atoms with Crippen LogP contribution < -0.4 is 22.6 Å². The second kappa shape index (κ2) is 12.9. The van der Waals surface area contributed by atoms with Crippen LogP contribution >= 0.6 is 0 Å². The van der Waals surface area contributed by atoms with Crippen LogP contribution in [-0.4, -0.2) is 37.4 Å². The van der Waals surface area contributed by atoms with Crippen molar-refractivity contribution in [1.29, 1.82) is 0 Å². The van der Waals surface area contributed by atoms with Gasteiger partial charge in [-0.1, -0.05) is 12.1 Å². The van der Waals surface area contributed by atoms with Crippen LogP contribution in [0.3, 0.4) is 0 Å². The van der Waals surface area contributed by atoms with Gasteiger partial charge in [-0.25, -0.2) is 16.8 Å². The molecular formula is C32H23N9O7S2-2. The number of nitrogen functional groups attached to an aromatic ring is 3. The molecule has 0 radical (unpaired) electrons. The van der Waals surface area contributed by atoms with Crippen molar-refractivity contribution in [2.45, 2.75) is 4.90 Å². The van der Waals surface area contributed by atoms with E-state index in [0.717, 1.165) is 12.1 Å². The number of hydrazone groups is 1. The van der Waals surface area contributed by atoms with E-state index in [1.54, 1.807) is 18.2 Å². The van der Waals surface area contributed by atoms with Crippen LogP contribution in [0.1, 0.15) is 15.9 Å². The van der Waals surface area contributed by atoms with Gasteiger partial charge < -0.3 is 26.3 Å². The molecule has 252 valence electrons. The number of nitrogens with zero attached hydrogens (tertiary/aromatic N) is 5. The van der Waals surface area contributed by atoms with Gasteiger partial charge in [0.2, 0.25) is 5.78 Å². The molecule has 0 amide bonds. The molecule has 7 N–H and O–H groups in total. The largest absolute Gasteiger partial charge is 0.744 e. The summed E-state index contributed by atoms with van der Waals surface area (Å²) in [5.74, 6) is -0.845. The molecule has 0 unspecified atom stereocenters. The lowest BCUT2D eigenvalue weighted by Crippen LogP contribution is -2.27. The predicted molar refractivity (Wildman–Crippen MR) is 186 cm³/mol. The predicted octanol–water partition coefficient (Wildman–Crippen LogP) is 5.87. The van der Waals surface area contributed by atoms with Gasteiger partial charge in [0.05, 0.1) is 38.2 Å². The summed E-state index contributed by atoms with van der Waals surface area (Å²) in [6.45, 7) is 0. The summed E-state index contributed by atoms with van der Waals surface area (Å²) in [4.78, 5) is 12.2. The summed E-state index contributed by atoms with van der Waals surface area (Å²) in [6.07, 6.45) is 1.05. The van der Waals surface area contributed by atoms with Crippen molar-refractivity contribution < 1.29 is 30.7 Å².